The minimum atomic E-state index is 0.521. The second kappa shape index (κ2) is 9.87. The van der Waals surface area contributed by atoms with E-state index in [0.29, 0.717) is 5.57 Å². The van der Waals surface area contributed by atoms with Gasteiger partial charge in [-0.25, -0.2) is 0 Å². The topological polar surface area (TPSA) is 17.1 Å². The fourth-order valence-corrected chi connectivity index (χ4v) is 2.48. The minimum absolute atomic E-state index is 0.521. The molecule has 114 valence electrons. The van der Waals surface area contributed by atoms with Crippen molar-refractivity contribution in [3.63, 3.8) is 0 Å². The fourth-order valence-electron chi connectivity index (χ4n) is 2.22. The van der Waals surface area contributed by atoms with Crippen molar-refractivity contribution in [3.8, 4) is 21.7 Å². The monoisotopic (exact) mass is 412 g/mol. The molecule has 0 radical (unpaired) electrons. The molecule has 0 N–H and O–H groups in total. The smallest absolute Gasteiger partial charge is 0.158 e. The van der Waals surface area contributed by atoms with Crippen molar-refractivity contribution >= 4 is 45.7 Å². The number of unbranched alkanes of at least 4 members (excludes halogenated alkanes) is 3. The third-order valence-electron chi connectivity index (χ3n) is 3.38. The standard InChI is InChI=1S/C21H17IO/c22-14-8-4-2-1-3-5-9-19(17-23)15-18-12-13-20-10-6-7-11-21(20)16-18/h6-7,10-13,15-17H,1-4H2/b19-15+. The van der Waals surface area contributed by atoms with Crippen LogP contribution in [0.15, 0.2) is 48.0 Å². The molecule has 2 rings (SSSR count). The number of allylic oxidation sites excluding steroid dienone is 1. The number of hydrogen-bond donors (Lipinski definition) is 0. The van der Waals surface area contributed by atoms with Gasteiger partial charge in [-0.2, -0.15) is 0 Å². The summed E-state index contributed by atoms with van der Waals surface area (Å²) >= 11 is 2.05. The Morgan fingerprint density at radius 3 is 2.48 bits per heavy atom. The van der Waals surface area contributed by atoms with E-state index in [0.717, 1.165) is 42.9 Å². The second-order valence-corrected chi connectivity index (χ2v) is 5.64. The van der Waals surface area contributed by atoms with Gasteiger partial charge in [-0.15, -0.1) is 0 Å². The molecule has 0 spiro atoms. The number of carbonyl (C=O) groups excluding carboxylic acids is 1. The molecule has 2 aromatic carbocycles. The Bertz CT molecular complexity index is 825. The lowest BCUT2D eigenvalue weighted by Crippen LogP contribution is -1.82. The Morgan fingerprint density at radius 1 is 1.00 bits per heavy atom. The molecule has 0 aliphatic rings. The summed E-state index contributed by atoms with van der Waals surface area (Å²) in [6, 6.07) is 14.3. The van der Waals surface area contributed by atoms with Crippen LogP contribution >= 0.6 is 22.6 Å². The number of rotatable bonds is 5. The molecule has 2 heteroatoms. The van der Waals surface area contributed by atoms with Crippen molar-refractivity contribution in [2.24, 2.45) is 0 Å². The molecule has 2 aromatic rings. The van der Waals surface area contributed by atoms with Crippen molar-refractivity contribution < 1.29 is 4.79 Å². The van der Waals surface area contributed by atoms with E-state index >= 15 is 0 Å². The number of fused-ring (bicyclic) bond motifs is 1. The first-order chi connectivity index (χ1) is 11.3. The van der Waals surface area contributed by atoms with Gasteiger partial charge in [-0.3, -0.25) is 4.79 Å². The molecule has 0 saturated carbocycles. The van der Waals surface area contributed by atoms with Crippen LogP contribution in [-0.2, 0) is 4.79 Å². The van der Waals surface area contributed by atoms with Gasteiger partial charge in [0.15, 0.2) is 6.29 Å². The molecule has 0 aliphatic heterocycles. The molecule has 1 nitrogen and oxygen atoms in total. The van der Waals surface area contributed by atoms with Gasteiger partial charge in [0.05, 0.1) is 5.57 Å². The molecule has 0 saturated heterocycles. The third-order valence-corrected chi connectivity index (χ3v) is 3.76. The Kier molecular flexibility index (Phi) is 7.43. The number of aldehydes is 1. The van der Waals surface area contributed by atoms with Crippen molar-refractivity contribution in [2.45, 2.75) is 25.7 Å². The van der Waals surface area contributed by atoms with E-state index in [1.54, 1.807) is 0 Å². The normalized spacial score (nSPS) is 10.4. The molecule has 0 aliphatic carbocycles. The van der Waals surface area contributed by atoms with E-state index in [-0.39, 0.29) is 0 Å². The summed E-state index contributed by atoms with van der Waals surface area (Å²) in [4.78, 5) is 11.2. The molecular weight excluding hydrogens is 395 g/mol. The molecule has 0 bridgehead atoms. The van der Waals surface area contributed by atoms with Crippen LogP contribution in [0.1, 0.15) is 31.2 Å². The van der Waals surface area contributed by atoms with Gasteiger partial charge in [-0.1, -0.05) is 54.2 Å². The van der Waals surface area contributed by atoms with E-state index in [1.807, 2.05) is 46.9 Å². The predicted molar refractivity (Wildman–Crippen MR) is 106 cm³/mol. The Morgan fingerprint density at radius 2 is 1.74 bits per heavy atom. The Labute approximate surface area is 151 Å². The van der Waals surface area contributed by atoms with Gasteiger partial charge in [0.1, 0.15) is 0 Å². The van der Waals surface area contributed by atoms with Crippen LogP contribution in [0.5, 0.6) is 0 Å². The van der Waals surface area contributed by atoms with Gasteiger partial charge in [0.2, 0.25) is 0 Å². The molecule has 23 heavy (non-hydrogen) atoms. The van der Waals surface area contributed by atoms with Gasteiger partial charge in [-0.05, 0) is 45.2 Å². The van der Waals surface area contributed by atoms with Crippen molar-refractivity contribution in [3.05, 3.63) is 53.6 Å². The highest BCUT2D eigenvalue weighted by Gasteiger charge is 1.96. The first-order valence-corrected chi connectivity index (χ1v) is 8.64. The SMILES string of the molecule is O=C/C(C#CCCCCC#CI)=C/c1ccc2ccccc2c1. The summed E-state index contributed by atoms with van der Waals surface area (Å²) in [5, 5.41) is 2.36. The zero-order chi connectivity index (χ0) is 16.3. The zero-order valence-electron chi connectivity index (χ0n) is 12.8. The van der Waals surface area contributed by atoms with Crippen molar-refractivity contribution in [2.75, 3.05) is 0 Å². The van der Waals surface area contributed by atoms with E-state index < -0.39 is 0 Å². The average molecular weight is 412 g/mol. The van der Waals surface area contributed by atoms with Crippen LogP contribution in [0.3, 0.4) is 0 Å². The van der Waals surface area contributed by atoms with Crippen LogP contribution in [0.2, 0.25) is 0 Å². The summed E-state index contributed by atoms with van der Waals surface area (Å²) in [6.45, 7) is 0. The lowest BCUT2D eigenvalue weighted by Gasteiger charge is -1.99. The number of hydrogen-bond acceptors (Lipinski definition) is 1. The molecular formula is C21H17IO. The molecule has 0 heterocycles. The number of carbonyl (C=O) groups is 1. The Balaban J connectivity index is 2.02. The molecule has 0 amide bonds. The predicted octanol–water partition coefficient (Wildman–Crippen LogP) is 5.38. The highest BCUT2D eigenvalue weighted by molar-refractivity contribution is 14.1. The maximum Gasteiger partial charge on any atom is 0.158 e. The summed E-state index contributed by atoms with van der Waals surface area (Å²) in [6.07, 6.45) is 6.44. The van der Waals surface area contributed by atoms with Crippen molar-refractivity contribution in [1.29, 1.82) is 0 Å². The summed E-state index contributed by atoms with van der Waals surface area (Å²) in [5.41, 5.74) is 1.52. The largest absolute Gasteiger partial charge is 0.297 e. The quantitative estimate of drug-likeness (QED) is 0.212. The van der Waals surface area contributed by atoms with Crippen LogP contribution in [-0.4, -0.2) is 6.29 Å². The lowest BCUT2D eigenvalue weighted by molar-refractivity contribution is -0.104. The van der Waals surface area contributed by atoms with Crippen LogP contribution < -0.4 is 0 Å². The highest BCUT2D eigenvalue weighted by atomic mass is 127. The number of halogens is 1. The van der Waals surface area contributed by atoms with Gasteiger partial charge >= 0.3 is 0 Å². The second-order valence-electron chi connectivity index (χ2n) is 5.10. The summed E-state index contributed by atoms with van der Waals surface area (Å²) < 4.78 is 2.85. The third kappa shape index (κ3) is 5.93. The first kappa shape index (κ1) is 17.3. The lowest BCUT2D eigenvalue weighted by atomic mass is 10.1. The highest BCUT2D eigenvalue weighted by Crippen LogP contribution is 2.17. The molecule has 0 atom stereocenters. The Hall–Kier alpha value is -2.04. The van der Waals surface area contributed by atoms with Crippen molar-refractivity contribution in [1.82, 2.24) is 0 Å². The van der Waals surface area contributed by atoms with Gasteiger partial charge in [0.25, 0.3) is 0 Å². The van der Waals surface area contributed by atoms with Gasteiger partial charge in [0, 0.05) is 35.4 Å². The molecule has 0 aromatic heterocycles. The van der Waals surface area contributed by atoms with E-state index in [1.165, 1.54) is 5.39 Å². The average Bonchev–Trinajstić information content (AvgIpc) is 2.59. The van der Waals surface area contributed by atoms with E-state index in [9.17, 15) is 4.79 Å². The summed E-state index contributed by atoms with van der Waals surface area (Å²) in [5.74, 6) is 9.06. The van der Waals surface area contributed by atoms with E-state index in [2.05, 4.69) is 46.0 Å². The maximum atomic E-state index is 11.2. The minimum Gasteiger partial charge on any atom is -0.297 e. The van der Waals surface area contributed by atoms with Gasteiger partial charge < -0.3 is 0 Å². The van der Waals surface area contributed by atoms with Crippen LogP contribution in [0.25, 0.3) is 16.8 Å². The summed E-state index contributed by atoms with van der Waals surface area (Å²) in [7, 11) is 0. The zero-order valence-corrected chi connectivity index (χ0v) is 15.0. The number of benzene rings is 2. The molecule has 0 unspecified atom stereocenters. The van der Waals surface area contributed by atoms with E-state index in [4.69, 9.17) is 0 Å². The fraction of sp³-hybridized carbons (Fsp3) is 0.190. The first-order valence-electron chi connectivity index (χ1n) is 7.56. The maximum absolute atomic E-state index is 11.2. The van der Waals surface area contributed by atoms with Crippen LogP contribution in [0, 0.1) is 21.7 Å². The molecule has 0 fully saturated rings. The van der Waals surface area contributed by atoms with Crippen LogP contribution in [0.4, 0.5) is 0 Å².